The molecule has 0 aromatic rings. The number of hydrogen-bond donors (Lipinski definition) is 0. The van der Waals surface area contributed by atoms with Crippen molar-refractivity contribution in [1.82, 2.24) is 4.90 Å². The normalized spacial score (nSPS) is 30.5. The fourth-order valence-corrected chi connectivity index (χ4v) is 3.10. The molecule has 1 saturated carbocycles. The Balaban J connectivity index is 1.94. The standard InChI is InChI=1S/C12H18N4O2/c1-2-8-6-9-10(7-8)12(18)16(11(9)17)5-3-4-14-15-13/h8-10H,2-7H2,1H3. The Kier molecular flexibility index (Phi) is 3.87. The van der Waals surface area contributed by atoms with Gasteiger partial charge in [-0.1, -0.05) is 18.5 Å². The fraction of sp³-hybridized carbons (Fsp3) is 0.833. The Morgan fingerprint density at radius 2 is 1.94 bits per heavy atom. The summed E-state index contributed by atoms with van der Waals surface area (Å²) in [7, 11) is 0. The minimum absolute atomic E-state index is 0.0121. The highest BCUT2D eigenvalue weighted by Crippen LogP contribution is 2.44. The smallest absolute Gasteiger partial charge is 0.233 e. The van der Waals surface area contributed by atoms with Gasteiger partial charge >= 0.3 is 0 Å². The van der Waals surface area contributed by atoms with Crippen LogP contribution in [0.4, 0.5) is 0 Å². The number of azide groups is 1. The van der Waals surface area contributed by atoms with Crippen LogP contribution in [0.3, 0.4) is 0 Å². The zero-order chi connectivity index (χ0) is 13.1. The zero-order valence-corrected chi connectivity index (χ0v) is 10.6. The lowest BCUT2D eigenvalue weighted by Crippen LogP contribution is -2.33. The molecule has 2 unspecified atom stereocenters. The Bertz CT molecular complexity index is 379. The van der Waals surface area contributed by atoms with Gasteiger partial charge in [-0.05, 0) is 30.7 Å². The maximum Gasteiger partial charge on any atom is 0.233 e. The second-order valence-electron chi connectivity index (χ2n) is 5.09. The largest absolute Gasteiger partial charge is 0.282 e. The molecule has 1 aliphatic carbocycles. The van der Waals surface area contributed by atoms with Crippen molar-refractivity contribution in [1.29, 1.82) is 0 Å². The first-order chi connectivity index (χ1) is 8.69. The molecule has 6 nitrogen and oxygen atoms in total. The lowest BCUT2D eigenvalue weighted by Gasteiger charge is -2.16. The van der Waals surface area contributed by atoms with Gasteiger partial charge < -0.3 is 0 Å². The third-order valence-corrected chi connectivity index (χ3v) is 4.11. The number of likely N-dealkylation sites (tertiary alicyclic amines) is 1. The molecule has 18 heavy (non-hydrogen) atoms. The highest BCUT2D eigenvalue weighted by Gasteiger charge is 2.51. The number of imide groups is 1. The van der Waals surface area contributed by atoms with Crippen molar-refractivity contribution in [3.05, 3.63) is 10.4 Å². The van der Waals surface area contributed by atoms with Gasteiger partial charge in [-0.3, -0.25) is 14.5 Å². The molecule has 2 rings (SSSR count). The molecule has 98 valence electrons. The molecular weight excluding hydrogens is 232 g/mol. The van der Waals surface area contributed by atoms with E-state index in [1.807, 2.05) is 0 Å². The van der Waals surface area contributed by atoms with Crippen molar-refractivity contribution in [2.24, 2.45) is 22.9 Å². The number of rotatable bonds is 5. The van der Waals surface area contributed by atoms with Crippen molar-refractivity contribution < 1.29 is 9.59 Å². The first-order valence-corrected chi connectivity index (χ1v) is 6.55. The van der Waals surface area contributed by atoms with Gasteiger partial charge in [0.1, 0.15) is 0 Å². The van der Waals surface area contributed by atoms with Crippen LogP contribution in [-0.2, 0) is 9.59 Å². The van der Waals surface area contributed by atoms with Crippen LogP contribution < -0.4 is 0 Å². The Morgan fingerprint density at radius 3 is 2.44 bits per heavy atom. The van der Waals surface area contributed by atoms with Gasteiger partial charge in [0, 0.05) is 18.0 Å². The summed E-state index contributed by atoms with van der Waals surface area (Å²) in [5, 5.41) is 3.41. The number of amides is 2. The first kappa shape index (κ1) is 12.9. The summed E-state index contributed by atoms with van der Waals surface area (Å²) in [6, 6.07) is 0. The predicted molar refractivity (Wildman–Crippen MR) is 65.3 cm³/mol. The van der Waals surface area contributed by atoms with E-state index in [9.17, 15) is 9.59 Å². The second-order valence-corrected chi connectivity index (χ2v) is 5.09. The van der Waals surface area contributed by atoms with E-state index in [4.69, 9.17) is 5.53 Å². The van der Waals surface area contributed by atoms with Crippen molar-refractivity contribution in [2.75, 3.05) is 13.1 Å². The van der Waals surface area contributed by atoms with Gasteiger partial charge in [0.25, 0.3) is 0 Å². The SMILES string of the molecule is CCC1CC2C(=O)N(CCCN=[N+]=[N-])C(=O)C2C1. The molecule has 2 fully saturated rings. The summed E-state index contributed by atoms with van der Waals surface area (Å²) >= 11 is 0. The topological polar surface area (TPSA) is 86.1 Å². The first-order valence-electron chi connectivity index (χ1n) is 6.55. The lowest BCUT2D eigenvalue weighted by atomic mass is 10.00. The maximum absolute atomic E-state index is 12.1. The Hall–Kier alpha value is -1.55. The maximum atomic E-state index is 12.1. The van der Waals surface area contributed by atoms with Crippen LogP contribution in [0.15, 0.2) is 5.11 Å². The molecule has 0 spiro atoms. The Labute approximate surface area is 106 Å². The molecule has 0 aromatic carbocycles. The van der Waals surface area contributed by atoms with E-state index >= 15 is 0 Å². The van der Waals surface area contributed by atoms with Gasteiger partial charge in [-0.15, -0.1) is 0 Å². The molecule has 2 atom stereocenters. The molecule has 2 aliphatic rings. The average Bonchev–Trinajstić information content (AvgIpc) is 2.89. The molecule has 6 heteroatoms. The molecular formula is C12H18N4O2. The highest BCUT2D eigenvalue weighted by atomic mass is 16.2. The third-order valence-electron chi connectivity index (χ3n) is 4.11. The third kappa shape index (κ3) is 2.20. The highest BCUT2D eigenvalue weighted by molar-refractivity contribution is 6.05. The monoisotopic (exact) mass is 250 g/mol. The molecule has 1 heterocycles. The molecule has 2 amide bonds. The van der Waals surface area contributed by atoms with E-state index in [1.54, 1.807) is 0 Å². The quantitative estimate of drug-likeness (QED) is 0.246. The van der Waals surface area contributed by atoms with Crippen LogP contribution in [-0.4, -0.2) is 29.8 Å². The lowest BCUT2D eigenvalue weighted by molar-refractivity contribution is -0.140. The van der Waals surface area contributed by atoms with E-state index < -0.39 is 0 Å². The van der Waals surface area contributed by atoms with Gasteiger partial charge in [0.05, 0.1) is 11.8 Å². The van der Waals surface area contributed by atoms with Crippen LogP contribution >= 0.6 is 0 Å². The van der Waals surface area contributed by atoms with E-state index in [-0.39, 0.29) is 23.7 Å². The molecule has 0 bridgehead atoms. The van der Waals surface area contributed by atoms with Gasteiger partial charge in [0.2, 0.25) is 11.8 Å². The predicted octanol–water partition coefficient (Wildman–Crippen LogP) is 2.11. The summed E-state index contributed by atoms with van der Waals surface area (Å²) in [6.07, 6.45) is 3.32. The summed E-state index contributed by atoms with van der Waals surface area (Å²) < 4.78 is 0. The van der Waals surface area contributed by atoms with Crippen LogP contribution in [0.5, 0.6) is 0 Å². The minimum Gasteiger partial charge on any atom is -0.282 e. The summed E-state index contributed by atoms with van der Waals surface area (Å²) in [5.74, 6) is 0.339. The van der Waals surface area contributed by atoms with E-state index in [1.165, 1.54) is 4.90 Å². The van der Waals surface area contributed by atoms with Crippen LogP contribution in [0, 0.1) is 17.8 Å². The average molecular weight is 250 g/mol. The number of hydrogen-bond acceptors (Lipinski definition) is 3. The summed E-state index contributed by atoms with van der Waals surface area (Å²) in [5.41, 5.74) is 8.16. The zero-order valence-electron chi connectivity index (χ0n) is 10.6. The van der Waals surface area contributed by atoms with Crippen LogP contribution in [0.1, 0.15) is 32.6 Å². The number of nitrogens with zero attached hydrogens (tertiary/aromatic N) is 4. The van der Waals surface area contributed by atoms with Crippen molar-refractivity contribution in [3.8, 4) is 0 Å². The van der Waals surface area contributed by atoms with Gasteiger partial charge in [-0.2, -0.15) is 0 Å². The van der Waals surface area contributed by atoms with Crippen molar-refractivity contribution >= 4 is 11.8 Å². The van der Waals surface area contributed by atoms with Gasteiger partial charge in [-0.25, -0.2) is 0 Å². The Morgan fingerprint density at radius 1 is 1.33 bits per heavy atom. The van der Waals surface area contributed by atoms with E-state index in [2.05, 4.69) is 16.9 Å². The van der Waals surface area contributed by atoms with Crippen molar-refractivity contribution in [2.45, 2.75) is 32.6 Å². The fourth-order valence-electron chi connectivity index (χ4n) is 3.10. The minimum atomic E-state index is -0.0816. The molecule has 0 radical (unpaired) electrons. The molecule has 0 aromatic heterocycles. The van der Waals surface area contributed by atoms with Crippen molar-refractivity contribution in [3.63, 3.8) is 0 Å². The second kappa shape index (κ2) is 5.40. The molecule has 1 aliphatic heterocycles. The summed E-state index contributed by atoms with van der Waals surface area (Å²) in [6.45, 7) is 2.83. The molecule has 1 saturated heterocycles. The summed E-state index contributed by atoms with van der Waals surface area (Å²) in [4.78, 5) is 28.3. The van der Waals surface area contributed by atoms with Crippen LogP contribution in [0.25, 0.3) is 10.4 Å². The number of carbonyl (C=O) groups is 2. The van der Waals surface area contributed by atoms with Gasteiger partial charge in [0.15, 0.2) is 0 Å². The van der Waals surface area contributed by atoms with Crippen LogP contribution in [0.2, 0.25) is 0 Å². The number of carbonyl (C=O) groups excluding carboxylic acids is 2. The van der Waals surface area contributed by atoms with E-state index in [0.29, 0.717) is 25.4 Å². The number of fused-ring (bicyclic) bond motifs is 1. The van der Waals surface area contributed by atoms with E-state index in [0.717, 1.165) is 19.3 Å². The molecule has 0 N–H and O–H groups in total.